The lowest BCUT2D eigenvalue weighted by Gasteiger charge is -2.00. The summed E-state index contributed by atoms with van der Waals surface area (Å²) in [5, 5.41) is 9.08. The Morgan fingerprint density at radius 2 is 2.05 bits per heavy atom. The van der Waals surface area contributed by atoms with Crippen LogP contribution < -0.4 is 0 Å². The number of hydrogen-bond donors (Lipinski definition) is 2. The standard InChI is InChI=1S/C14H7BrF2N2O2/c15-9-3-1-2-7(11(9)17)13-18-10-5-6(16)4-8(14(20)21)12(10)19-13/h1-5H,(H,18,19)(H,20,21). The van der Waals surface area contributed by atoms with E-state index < -0.39 is 17.6 Å². The first-order valence-electron chi connectivity index (χ1n) is 5.84. The first kappa shape index (κ1) is 13.7. The summed E-state index contributed by atoms with van der Waals surface area (Å²) in [6.45, 7) is 0. The molecule has 0 unspecified atom stereocenters. The summed E-state index contributed by atoms with van der Waals surface area (Å²) >= 11 is 3.07. The van der Waals surface area contributed by atoms with E-state index in [-0.39, 0.29) is 32.5 Å². The molecule has 0 fully saturated rings. The third kappa shape index (κ3) is 2.29. The van der Waals surface area contributed by atoms with E-state index in [1.165, 1.54) is 12.1 Å². The molecule has 3 rings (SSSR count). The predicted octanol–water partition coefficient (Wildman–Crippen LogP) is 3.97. The summed E-state index contributed by atoms with van der Waals surface area (Å²) in [6.07, 6.45) is 0. The number of benzene rings is 2. The summed E-state index contributed by atoms with van der Waals surface area (Å²) in [5.41, 5.74) is 0.167. The molecule has 0 amide bonds. The molecule has 106 valence electrons. The van der Waals surface area contributed by atoms with Gasteiger partial charge in [0.1, 0.15) is 23.0 Å². The summed E-state index contributed by atoms with van der Waals surface area (Å²) < 4.78 is 27.7. The number of aromatic carboxylic acids is 1. The summed E-state index contributed by atoms with van der Waals surface area (Å²) in [5.74, 6) is -2.40. The number of carbonyl (C=O) groups is 1. The molecular weight excluding hydrogens is 346 g/mol. The second-order valence-corrected chi connectivity index (χ2v) is 5.20. The highest BCUT2D eigenvalue weighted by Crippen LogP contribution is 2.29. The average Bonchev–Trinajstić information content (AvgIpc) is 2.84. The molecule has 0 spiro atoms. The first-order valence-corrected chi connectivity index (χ1v) is 6.63. The van der Waals surface area contributed by atoms with Gasteiger partial charge in [0.15, 0.2) is 0 Å². The number of fused-ring (bicyclic) bond motifs is 1. The summed E-state index contributed by atoms with van der Waals surface area (Å²) in [4.78, 5) is 18.0. The Hall–Kier alpha value is -2.28. The molecule has 7 heteroatoms. The number of nitrogens with one attached hydrogen (secondary N) is 1. The molecule has 0 atom stereocenters. The van der Waals surface area contributed by atoms with E-state index >= 15 is 0 Å². The lowest BCUT2D eigenvalue weighted by atomic mass is 10.2. The molecule has 2 N–H and O–H groups in total. The zero-order valence-corrected chi connectivity index (χ0v) is 11.9. The van der Waals surface area contributed by atoms with Crippen molar-refractivity contribution in [1.82, 2.24) is 9.97 Å². The average molecular weight is 353 g/mol. The highest BCUT2D eigenvalue weighted by atomic mass is 79.9. The van der Waals surface area contributed by atoms with Crippen LogP contribution in [-0.2, 0) is 0 Å². The lowest BCUT2D eigenvalue weighted by molar-refractivity contribution is 0.0698. The van der Waals surface area contributed by atoms with Crippen LogP contribution in [0.4, 0.5) is 8.78 Å². The summed E-state index contributed by atoms with van der Waals surface area (Å²) in [6, 6.07) is 6.65. The van der Waals surface area contributed by atoms with Crippen LogP contribution in [0.2, 0.25) is 0 Å². The van der Waals surface area contributed by atoms with Gasteiger partial charge in [-0.2, -0.15) is 0 Å². The van der Waals surface area contributed by atoms with E-state index in [0.29, 0.717) is 0 Å². The molecule has 0 bridgehead atoms. The minimum absolute atomic E-state index is 0.0817. The van der Waals surface area contributed by atoms with E-state index in [4.69, 9.17) is 5.11 Å². The second kappa shape index (κ2) is 4.92. The molecule has 0 radical (unpaired) electrons. The maximum absolute atomic E-state index is 14.1. The third-order valence-corrected chi connectivity index (χ3v) is 3.60. The van der Waals surface area contributed by atoms with Crippen LogP contribution >= 0.6 is 15.9 Å². The molecule has 0 aliphatic heterocycles. The van der Waals surface area contributed by atoms with Crippen LogP contribution in [0, 0.1) is 11.6 Å². The Labute approximate surface area is 125 Å². The number of hydrogen-bond acceptors (Lipinski definition) is 2. The SMILES string of the molecule is O=C(O)c1cc(F)cc2[nH]c(-c3cccc(Br)c3F)nc12. The fourth-order valence-corrected chi connectivity index (χ4v) is 2.43. The lowest BCUT2D eigenvalue weighted by Crippen LogP contribution is -1.98. The van der Waals surface area contributed by atoms with Gasteiger partial charge in [0.25, 0.3) is 0 Å². The van der Waals surface area contributed by atoms with E-state index in [1.807, 2.05) is 0 Å². The number of halogens is 3. The Morgan fingerprint density at radius 3 is 2.76 bits per heavy atom. The van der Waals surface area contributed by atoms with Crippen molar-refractivity contribution >= 4 is 32.9 Å². The van der Waals surface area contributed by atoms with Crippen LogP contribution in [0.3, 0.4) is 0 Å². The summed E-state index contributed by atoms with van der Waals surface area (Å²) in [7, 11) is 0. The zero-order chi connectivity index (χ0) is 15.1. The van der Waals surface area contributed by atoms with Gasteiger partial charge in [0.2, 0.25) is 0 Å². The normalized spacial score (nSPS) is 11.0. The van der Waals surface area contributed by atoms with Crippen molar-refractivity contribution in [2.45, 2.75) is 0 Å². The van der Waals surface area contributed by atoms with E-state index in [9.17, 15) is 13.6 Å². The van der Waals surface area contributed by atoms with Crippen LogP contribution in [0.1, 0.15) is 10.4 Å². The first-order chi connectivity index (χ1) is 9.97. The molecular formula is C14H7BrF2N2O2. The van der Waals surface area contributed by atoms with Gasteiger partial charge in [0, 0.05) is 0 Å². The van der Waals surface area contributed by atoms with E-state index in [0.717, 1.165) is 12.1 Å². The van der Waals surface area contributed by atoms with Gasteiger partial charge < -0.3 is 10.1 Å². The van der Waals surface area contributed by atoms with Crippen molar-refractivity contribution < 1.29 is 18.7 Å². The molecule has 0 aliphatic carbocycles. The van der Waals surface area contributed by atoms with Crippen molar-refractivity contribution in [3.8, 4) is 11.4 Å². The minimum atomic E-state index is -1.30. The van der Waals surface area contributed by atoms with Gasteiger partial charge in [-0.3, -0.25) is 0 Å². The molecule has 21 heavy (non-hydrogen) atoms. The minimum Gasteiger partial charge on any atom is -0.478 e. The van der Waals surface area contributed by atoms with Crippen molar-refractivity contribution in [3.63, 3.8) is 0 Å². The number of carboxylic acid groups (broad SMARTS) is 1. The van der Waals surface area contributed by atoms with Crippen molar-refractivity contribution in [2.24, 2.45) is 0 Å². The van der Waals surface area contributed by atoms with Gasteiger partial charge in [-0.05, 0) is 40.2 Å². The Balaban J connectivity index is 2.29. The van der Waals surface area contributed by atoms with Crippen LogP contribution in [0.25, 0.3) is 22.4 Å². The Kier molecular flexibility index (Phi) is 3.21. The monoisotopic (exact) mass is 352 g/mol. The fraction of sp³-hybridized carbons (Fsp3) is 0. The number of aromatic nitrogens is 2. The quantitative estimate of drug-likeness (QED) is 0.733. The van der Waals surface area contributed by atoms with Gasteiger partial charge in [0.05, 0.1) is 21.1 Å². The molecule has 0 saturated carbocycles. The number of nitrogens with zero attached hydrogens (tertiary/aromatic N) is 1. The second-order valence-electron chi connectivity index (χ2n) is 4.34. The molecule has 2 aromatic carbocycles. The number of imidazole rings is 1. The zero-order valence-electron chi connectivity index (χ0n) is 10.3. The van der Waals surface area contributed by atoms with Crippen LogP contribution in [0.15, 0.2) is 34.8 Å². The highest BCUT2D eigenvalue weighted by Gasteiger charge is 2.17. The molecule has 4 nitrogen and oxygen atoms in total. The number of H-pyrrole nitrogens is 1. The van der Waals surface area contributed by atoms with Gasteiger partial charge in [-0.1, -0.05) is 6.07 Å². The predicted molar refractivity (Wildman–Crippen MR) is 76.1 cm³/mol. The molecule has 1 aromatic heterocycles. The number of carboxylic acids is 1. The van der Waals surface area contributed by atoms with Crippen LogP contribution in [-0.4, -0.2) is 21.0 Å². The maximum atomic E-state index is 14.1. The van der Waals surface area contributed by atoms with Crippen molar-refractivity contribution in [1.29, 1.82) is 0 Å². The van der Waals surface area contributed by atoms with E-state index in [1.54, 1.807) is 6.07 Å². The number of rotatable bonds is 2. The molecule has 0 aliphatic rings. The van der Waals surface area contributed by atoms with Crippen LogP contribution in [0.5, 0.6) is 0 Å². The highest BCUT2D eigenvalue weighted by molar-refractivity contribution is 9.10. The molecule has 1 heterocycles. The van der Waals surface area contributed by atoms with Gasteiger partial charge in [-0.25, -0.2) is 18.6 Å². The van der Waals surface area contributed by atoms with Gasteiger partial charge >= 0.3 is 5.97 Å². The number of aromatic amines is 1. The largest absolute Gasteiger partial charge is 0.478 e. The molecule has 3 aromatic rings. The van der Waals surface area contributed by atoms with E-state index in [2.05, 4.69) is 25.9 Å². The Morgan fingerprint density at radius 1 is 1.29 bits per heavy atom. The van der Waals surface area contributed by atoms with Crippen molar-refractivity contribution in [2.75, 3.05) is 0 Å². The maximum Gasteiger partial charge on any atom is 0.338 e. The van der Waals surface area contributed by atoms with Gasteiger partial charge in [-0.15, -0.1) is 0 Å². The van der Waals surface area contributed by atoms with Crippen molar-refractivity contribution in [3.05, 3.63) is 52.0 Å². The topological polar surface area (TPSA) is 66.0 Å². The smallest absolute Gasteiger partial charge is 0.338 e. The Bertz CT molecular complexity index is 877. The third-order valence-electron chi connectivity index (χ3n) is 2.99. The fourth-order valence-electron chi connectivity index (χ4n) is 2.06. The molecule has 0 saturated heterocycles.